The molecule has 0 unspecified atom stereocenters. The molecule has 4 N–H and O–H groups in total. The molecule has 0 fully saturated rings. The van der Waals surface area contributed by atoms with Gasteiger partial charge in [0.05, 0.1) is 5.51 Å². The molecule has 1 heterocycles. The normalized spacial score (nSPS) is 11.3. The molecule has 1 aromatic heterocycles. The zero-order valence-electron chi connectivity index (χ0n) is 10.2. The van der Waals surface area contributed by atoms with Gasteiger partial charge in [0.25, 0.3) is 5.91 Å². The predicted octanol–water partition coefficient (Wildman–Crippen LogP) is 1.31. The molecule has 0 aliphatic heterocycles. The Bertz CT molecular complexity index is 643. The van der Waals surface area contributed by atoms with Gasteiger partial charge < -0.3 is 16.3 Å². The van der Waals surface area contributed by atoms with Crippen LogP contribution in [0.5, 0.6) is 0 Å². The minimum atomic E-state index is -0.548. The number of hydrogen-bond acceptors (Lipinski definition) is 5. The van der Waals surface area contributed by atoms with Gasteiger partial charge in [0, 0.05) is 23.1 Å². The van der Waals surface area contributed by atoms with Crippen molar-refractivity contribution in [2.45, 2.75) is 6.54 Å². The van der Waals surface area contributed by atoms with E-state index in [-0.39, 0.29) is 23.9 Å². The number of nitrogens with zero attached hydrogens (tertiary/aromatic N) is 2. The zero-order chi connectivity index (χ0) is 14.5. The largest absolute Gasteiger partial charge is 0.409 e. The first-order valence-corrected chi connectivity index (χ1v) is 6.49. The molecule has 2 aromatic rings. The van der Waals surface area contributed by atoms with E-state index >= 15 is 0 Å². The minimum Gasteiger partial charge on any atom is -0.409 e. The number of aromatic nitrogens is 1. The summed E-state index contributed by atoms with van der Waals surface area (Å²) in [6.45, 7) is 0.0264. The molecule has 0 saturated heterocycles. The van der Waals surface area contributed by atoms with Crippen molar-refractivity contribution in [2.24, 2.45) is 10.9 Å². The fraction of sp³-hybridized carbons (Fsp3) is 0.0833. The molecule has 0 aliphatic rings. The SMILES string of the molecule is NC(=NO)c1ccc(CNC(=O)c2cscn2)c(F)c1. The van der Waals surface area contributed by atoms with Crippen molar-refractivity contribution < 1.29 is 14.4 Å². The van der Waals surface area contributed by atoms with E-state index < -0.39 is 5.82 Å². The Balaban J connectivity index is 2.05. The molecule has 0 atom stereocenters. The molecule has 0 saturated carbocycles. The summed E-state index contributed by atoms with van der Waals surface area (Å²) in [4.78, 5) is 15.5. The number of carbonyl (C=O) groups is 1. The number of rotatable bonds is 4. The first kappa shape index (κ1) is 13.9. The highest BCUT2D eigenvalue weighted by Gasteiger charge is 2.10. The highest BCUT2D eigenvalue weighted by molar-refractivity contribution is 7.07. The Morgan fingerprint density at radius 1 is 1.55 bits per heavy atom. The Morgan fingerprint density at radius 3 is 2.95 bits per heavy atom. The van der Waals surface area contributed by atoms with Crippen molar-refractivity contribution in [3.8, 4) is 0 Å². The number of halogens is 1. The van der Waals surface area contributed by atoms with Gasteiger partial charge in [-0.05, 0) is 6.07 Å². The van der Waals surface area contributed by atoms with E-state index in [4.69, 9.17) is 10.9 Å². The van der Waals surface area contributed by atoms with Crippen LogP contribution in [0.3, 0.4) is 0 Å². The quantitative estimate of drug-likeness (QED) is 0.342. The number of amides is 1. The number of hydrogen-bond donors (Lipinski definition) is 3. The van der Waals surface area contributed by atoms with Crippen LogP contribution in [-0.4, -0.2) is 21.9 Å². The molecular formula is C12H11FN4O2S. The van der Waals surface area contributed by atoms with Crippen LogP contribution in [0.15, 0.2) is 34.2 Å². The molecule has 8 heteroatoms. The van der Waals surface area contributed by atoms with Crippen LogP contribution < -0.4 is 11.1 Å². The number of benzene rings is 1. The fourth-order valence-electron chi connectivity index (χ4n) is 1.50. The lowest BCUT2D eigenvalue weighted by Gasteiger charge is -2.06. The van der Waals surface area contributed by atoms with E-state index in [2.05, 4.69) is 15.5 Å². The van der Waals surface area contributed by atoms with E-state index in [1.165, 1.54) is 23.5 Å². The second-order valence-corrected chi connectivity index (χ2v) is 4.57. The molecule has 1 amide bonds. The lowest BCUT2D eigenvalue weighted by Crippen LogP contribution is -2.23. The van der Waals surface area contributed by atoms with E-state index in [1.54, 1.807) is 10.9 Å². The molecule has 0 radical (unpaired) electrons. The molecule has 0 bridgehead atoms. The van der Waals surface area contributed by atoms with Crippen molar-refractivity contribution in [3.05, 3.63) is 51.7 Å². The van der Waals surface area contributed by atoms with Crippen molar-refractivity contribution in [1.29, 1.82) is 0 Å². The summed E-state index contributed by atoms with van der Waals surface area (Å²) < 4.78 is 13.8. The summed E-state index contributed by atoms with van der Waals surface area (Å²) in [5.41, 5.74) is 7.75. The van der Waals surface area contributed by atoms with E-state index in [1.807, 2.05) is 0 Å². The van der Waals surface area contributed by atoms with Crippen LogP contribution in [-0.2, 0) is 6.54 Å². The molecule has 6 nitrogen and oxygen atoms in total. The van der Waals surface area contributed by atoms with Gasteiger partial charge in [-0.25, -0.2) is 9.37 Å². The summed E-state index contributed by atoms with van der Waals surface area (Å²) >= 11 is 1.30. The topological polar surface area (TPSA) is 101 Å². The van der Waals surface area contributed by atoms with Gasteiger partial charge in [0.2, 0.25) is 0 Å². The summed E-state index contributed by atoms with van der Waals surface area (Å²) in [7, 11) is 0. The van der Waals surface area contributed by atoms with E-state index in [0.29, 0.717) is 11.3 Å². The summed E-state index contributed by atoms with van der Waals surface area (Å²) in [5.74, 6) is -1.10. The third kappa shape index (κ3) is 3.09. The van der Waals surface area contributed by atoms with Gasteiger partial charge in [0.15, 0.2) is 5.84 Å². The number of amidine groups is 1. The minimum absolute atomic E-state index is 0.0264. The van der Waals surface area contributed by atoms with Crippen molar-refractivity contribution in [1.82, 2.24) is 10.3 Å². The van der Waals surface area contributed by atoms with Crippen LogP contribution in [0, 0.1) is 5.82 Å². The highest BCUT2D eigenvalue weighted by Crippen LogP contribution is 2.11. The van der Waals surface area contributed by atoms with Crippen molar-refractivity contribution in [3.63, 3.8) is 0 Å². The standard InChI is InChI=1S/C12H11FN4O2S/c13-9-3-7(11(14)17-19)1-2-8(9)4-15-12(18)10-5-20-6-16-10/h1-3,5-6,19H,4H2,(H2,14,17)(H,15,18). The van der Waals surface area contributed by atoms with Crippen LogP contribution in [0.1, 0.15) is 21.6 Å². The summed E-state index contributed by atoms with van der Waals surface area (Å²) in [6, 6.07) is 4.10. The fourth-order valence-corrected chi connectivity index (χ4v) is 2.03. The van der Waals surface area contributed by atoms with Crippen molar-refractivity contribution >= 4 is 23.1 Å². The predicted molar refractivity (Wildman–Crippen MR) is 72.2 cm³/mol. The van der Waals surface area contributed by atoms with Gasteiger partial charge in [-0.15, -0.1) is 11.3 Å². The Labute approximate surface area is 117 Å². The average Bonchev–Trinajstić information content (AvgIpc) is 2.99. The molecule has 20 heavy (non-hydrogen) atoms. The van der Waals surface area contributed by atoms with Crippen LogP contribution >= 0.6 is 11.3 Å². The number of oxime groups is 1. The van der Waals surface area contributed by atoms with Gasteiger partial charge in [-0.3, -0.25) is 4.79 Å². The van der Waals surface area contributed by atoms with E-state index in [0.717, 1.165) is 6.07 Å². The number of nitrogens with two attached hydrogens (primary N) is 1. The molecule has 1 aromatic carbocycles. The lowest BCUT2D eigenvalue weighted by atomic mass is 10.1. The smallest absolute Gasteiger partial charge is 0.271 e. The second-order valence-electron chi connectivity index (χ2n) is 3.85. The molecule has 0 spiro atoms. The third-order valence-corrected chi connectivity index (χ3v) is 3.15. The van der Waals surface area contributed by atoms with Crippen LogP contribution in [0.25, 0.3) is 0 Å². The van der Waals surface area contributed by atoms with Crippen LogP contribution in [0.4, 0.5) is 4.39 Å². The van der Waals surface area contributed by atoms with Gasteiger partial charge in [0.1, 0.15) is 11.5 Å². The molecule has 0 aliphatic carbocycles. The van der Waals surface area contributed by atoms with Gasteiger partial charge in [-0.1, -0.05) is 17.3 Å². The first-order valence-electron chi connectivity index (χ1n) is 5.54. The van der Waals surface area contributed by atoms with Crippen LogP contribution in [0.2, 0.25) is 0 Å². The molecule has 2 rings (SSSR count). The number of thiazole rings is 1. The summed E-state index contributed by atoms with van der Waals surface area (Å²) in [5, 5.41) is 15.5. The maximum Gasteiger partial charge on any atom is 0.271 e. The maximum atomic E-state index is 13.8. The second kappa shape index (κ2) is 6.11. The van der Waals surface area contributed by atoms with Gasteiger partial charge >= 0.3 is 0 Å². The average molecular weight is 294 g/mol. The summed E-state index contributed by atoms with van der Waals surface area (Å²) in [6.07, 6.45) is 0. The molecule has 104 valence electrons. The Hall–Kier alpha value is -2.48. The first-order chi connectivity index (χ1) is 9.61. The zero-order valence-corrected chi connectivity index (χ0v) is 11.0. The molecular weight excluding hydrogens is 283 g/mol. The highest BCUT2D eigenvalue weighted by atomic mass is 32.1. The monoisotopic (exact) mass is 294 g/mol. The number of carbonyl (C=O) groups excluding carboxylic acids is 1. The third-order valence-electron chi connectivity index (χ3n) is 2.56. The number of nitrogens with one attached hydrogen (secondary N) is 1. The maximum absolute atomic E-state index is 13.8. The Morgan fingerprint density at radius 2 is 2.35 bits per heavy atom. The lowest BCUT2D eigenvalue weighted by molar-refractivity contribution is 0.0946. The van der Waals surface area contributed by atoms with E-state index in [9.17, 15) is 9.18 Å². The van der Waals surface area contributed by atoms with Crippen molar-refractivity contribution in [2.75, 3.05) is 0 Å². The van der Waals surface area contributed by atoms with Gasteiger partial charge in [-0.2, -0.15) is 0 Å². The Kier molecular flexibility index (Phi) is 4.26.